The molecule has 4 N–H and O–H groups in total. The first kappa shape index (κ1) is 29.5. The van der Waals surface area contributed by atoms with E-state index in [1.54, 1.807) is 41.1 Å². The van der Waals surface area contributed by atoms with Crippen molar-refractivity contribution in [2.24, 2.45) is 11.1 Å². The van der Waals surface area contributed by atoms with Crippen LogP contribution in [0.1, 0.15) is 50.5 Å². The van der Waals surface area contributed by atoms with Crippen molar-refractivity contribution in [1.29, 1.82) is 0 Å². The van der Waals surface area contributed by atoms with Gasteiger partial charge in [-0.1, -0.05) is 24.3 Å². The summed E-state index contributed by atoms with van der Waals surface area (Å²) < 4.78 is 43.1. The Morgan fingerprint density at radius 1 is 1.07 bits per heavy atom. The van der Waals surface area contributed by atoms with Crippen LogP contribution in [0.25, 0.3) is 16.4 Å². The number of nitrogens with zero attached hydrogens (tertiary/aromatic N) is 3. The molecule has 1 atom stereocenters. The molecule has 0 aliphatic heterocycles. The average Bonchev–Trinajstić information content (AvgIpc) is 3.56. The number of aromatic nitrogens is 3. The van der Waals surface area contributed by atoms with Crippen LogP contribution in [0.4, 0.5) is 14.5 Å². The molecule has 1 aliphatic carbocycles. The third-order valence-corrected chi connectivity index (χ3v) is 8.86. The van der Waals surface area contributed by atoms with E-state index < -0.39 is 34.5 Å². The van der Waals surface area contributed by atoms with E-state index >= 15 is 0 Å². The topological polar surface area (TPSA) is 140 Å². The van der Waals surface area contributed by atoms with Crippen molar-refractivity contribution in [2.45, 2.75) is 30.6 Å². The van der Waals surface area contributed by atoms with Gasteiger partial charge in [-0.15, -0.1) is 11.3 Å². The number of thiazole rings is 1. The van der Waals surface area contributed by atoms with Crippen LogP contribution in [0.5, 0.6) is 0 Å². The number of benzene rings is 3. The largest absolute Gasteiger partial charge is 0.476 e. The number of nitrogens with one attached hydrogen (secondary N) is 1. The summed E-state index contributed by atoms with van der Waals surface area (Å²) in [6.45, 7) is 0. The molecule has 224 valence electrons. The van der Waals surface area contributed by atoms with Crippen LogP contribution in [0.3, 0.4) is 0 Å². The maximum Gasteiger partial charge on any atom is 0.355 e. The van der Waals surface area contributed by atoms with Gasteiger partial charge in [0, 0.05) is 28.5 Å². The van der Waals surface area contributed by atoms with Gasteiger partial charge < -0.3 is 10.4 Å². The second-order valence-electron chi connectivity index (χ2n) is 10.4. The van der Waals surface area contributed by atoms with Crippen LogP contribution in [0, 0.1) is 17.6 Å². The Labute approximate surface area is 257 Å². The van der Waals surface area contributed by atoms with Gasteiger partial charge in [-0.25, -0.2) is 32.6 Å². The molecule has 0 radical (unpaired) electrons. The fourth-order valence-corrected chi connectivity index (χ4v) is 6.13. The fraction of sp³-hybridized carbons (Fsp3) is 0.161. The highest BCUT2D eigenvalue weighted by Crippen LogP contribution is 2.39. The molecule has 13 heteroatoms. The number of hydrogen-bond acceptors (Lipinski definition) is 6. The quantitative estimate of drug-likeness (QED) is 0.179. The van der Waals surface area contributed by atoms with Gasteiger partial charge in [0.2, 0.25) is 5.13 Å². The number of nitrogens with two attached hydrogens (primary N) is 1. The Morgan fingerprint density at radius 3 is 2.50 bits per heavy atom. The summed E-state index contributed by atoms with van der Waals surface area (Å²) in [5, 5.41) is 24.1. The molecule has 5 aromatic rings. The molecule has 2 heterocycles. The number of anilines is 1. The van der Waals surface area contributed by atoms with E-state index in [0.29, 0.717) is 45.4 Å². The Bertz CT molecular complexity index is 1920. The summed E-state index contributed by atoms with van der Waals surface area (Å²) in [5.41, 5.74) is 3.13. The number of hydrogen-bond donors (Lipinski definition) is 3. The Hall–Kier alpha value is -4.59. The first-order valence-electron chi connectivity index (χ1n) is 13.6. The fourth-order valence-electron chi connectivity index (χ4n) is 4.90. The molecule has 1 fully saturated rings. The smallest absolute Gasteiger partial charge is 0.355 e. The molecule has 2 aromatic heterocycles. The lowest BCUT2D eigenvalue weighted by Crippen LogP contribution is -2.13. The summed E-state index contributed by atoms with van der Waals surface area (Å²) in [5.74, 6) is -2.63. The first-order chi connectivity index (χ1) is 21.2. The zero-order valence-corrected chi connectivity index (χ0v) is 24.6. The molecular formula is C31H25F2N5O4S2. The van der Waals surface area contributed by atoms with Gasteiger partial charge in [0.1, 0.15) is 22.6 Å². The maximum absolute atomic E-state index is 15.0. The normalized spacial score (nSPS) is 13.5. The van der Waals surface area contributed by atoms with E-state index in [9.17, 15) is 27.7 Å². The van der Waals surface area contributed by atoms with Crippen LogP contribution < -0.4 is 10.5 Å². The molecular weight excluding hydrogens is 609 g/mol. The average molecular weight is 634 g/mol. The SMILES string of the molecule is NS(=O)c1ccc(Cc2c(-c3ccc(F)c(NC(=O)c4ccccc4)c3)nn(-c3nc(C(=O)O)cs3)c2CC2CC2)cc1F. The zero-order valence-electron chi connectivity index (χ0n) is 23.0. The van der Waals surface area contributed by atoms with Crippen molar-refractivity contribution in [3.63, 3.8) is 0 Å². The van der Waals surface area contributed by atoms with Crippen molar-refractivity contribution in [3.05, 3.63) is 112 Å². The lowest BCUT2D eigenvalue weighted by molar-refractivity contribution is 0.0691. The Balaban J connectivity index is 1.48. The molecule has 1 amide bonds. The predicted octanol–water partition coefficient (Wildman–Crippen LogP) is 5.75. The summed E-state index contributed by atoms with van der Waals surface area (Å²) in [6, 6.07) is 16.9. The number of carbonyl (C=O) groups excluding carboxylic acids is 1. The van der Waals surface area contributed by atoms with Crippen LogP contribution >= 0.6 is 11.3 Å². The van der Waals surface area contributed by atoms with Crippen LogP contribution in [-0.2, 0) is 23.8 Å². The van der Waals surface area contributed by atoms with Crippen LogP contribution in [0.15, 0.2) is 77.0 Å². The molecule has 1 unspecified atom stereocenters. The second kappa shape index (κ2) is 12.2. The third kappa shape index (κ3) is 6.20. The van der Waals surface area contributed by atoms with Crippen LogP contribution in [0.2, 0.25) is 0 Å². The predicted molar refractivity (Wildman–Crippen MR) is 162 cm³/mol. The van der Waals surface area contributed by atoms with E-state index in [4.69, 9.17) is 10.2 Å². The minimum atomic E-state index is -2.00. The highest BCUT2D eigenvalue weighted by atomic mass is 32.2. The van der Waals surface area contributed by atoms with E-state index in [-0.39, 0.29) is 22.7 Å². The van der Waals surface area contributed by atoms with E-state index in [2.05, 4.69) is 10.3 Å². The minimum Gasteiger partial charge on any atom is -0.476 e. The van der Waals surface area contributed by atoms with E-state index in [0.717, 1.165) is 29.9 Å². The number of aromatic carboxylic acids is 1. The lowest BCUT2D eigenvalue weighted by atomic mass is 9.96. The van der Waals surface area contributed by atoms with Crippen molar-refractivity contribution in [2.75, 3.05) is 5.32 Å². The van der Waals surface area contributed by atoms with Crippen LogP contribution in [-0.4, -0.2) is 36.0 Å². The van der Waals surface area contributed by atoms with Gasteiger partial charge in [-0.05, 0) is 73.2 Å². The summed E-state index contributed by atoms with van der Waals surface area (Å²) >= 11 is 1.12. The monoisotopic (exact) mass is 633 g/mol. The number of rotatable bonds is 10. The first-order valence-corrected chi connectivity index (χ1v) is 15.7. The second-order valence-corrected chi connectivity index (χ2v) is 12.3. The lowest BCUT2D eigenvalue weighted by Gasteiger charge is -2.11. The number of halogens is 2. The highest BCUT2D eigenvalue weighted by molar-refractivity contribution is 7.82. The number of amides is 1. The molecule has 1 aliphatic rings. The molecule has 6 rings (SSSR count). The molecule has 1 saturated carbocycles. The Morgan fingerprint density at radius 2 is 1.84 bits per heavy atom. The third-order valence-electron chi connectivity index (χ3n) is 7.28. The molecule has 9 nitrogen and oxygen atoms in total. The molecule has 0 spiro atoms. The summed E-state index contributed by atoms with van der Waals surface area (Å²) in [7, 11) is -2.00. The van der Waals surface area contributed by atoms with E-state index in [1.807, 2.05) is 0 Å². The maximum atomic E-state index is 15.0. The zero-order chi connectivity index (χ0) is 31.0. The molecule has 0 bridgehead atoms. The number of carboxylic acids is 1. The van der Waals surface area contributed by atoms with Gasteiger partial charge in [0.05, 0.1) is 22.0 Å². The van der Waals surface area contributed by atoms with Gasteiger partial charge >= 0.3 is 5.97 Å². The standard InChI is InChI=1S/C31H25F2N5O4S2/c32-22-10-9-20(15-24(22)35-29(39)19-4-2-1-3-5-19)28-21(12-18-8-11-27(44(34)42)23(33)13-18)26(14-17-6-7-17)38(37-28)31-36-25(16-43-31)30(40)41/h1-5,8-11,13,15-17H,6-7,12,14,34H2,(H,35,39)(H,40,41). The Kier molecular flexibility index (Phi) is 8.17. The van der Waals surface area contributed by atoms with Gasteiger partial charge in [-0.3, -0.25) is 4.79 Å². The summed E-state index contributed by atoms with van der Waals surface area (Å²) in [4.78, 5) is 28.6. The van der Waals surface area contributed by atoms with Crippen molar-refractivity contribution in [3.8, 4) is 16.4 Å². The van der Waals surface area contributed by atoms with Crippen molar-refractivity contribution < 1.29 is 27.7 Å². The van der Waals surface area contributed by atoms with E-state index in [1.165, 1.54) is 35.7 Å². The number of carboxylic acid groups (broad SMARTS) is 1. The van der Waals surface area contributed by atoms with Crippen molar-refractivity contribution in [1.82, 2.24) is 14.8 Å². The summed E-state index contributed by atoms with van der Waals surface area (Å²) in [6.07, 6.45) is 2.83. The van der Waals surface area contributed by atoms with Gasteiger partial charge in [-0.2, -0.15) is 5.10 Å². The molecule has 44 heavy (non-hydrogen) atoms. The number of carbonyl (C=O) groups is 2. The highest BCUT2D eigenvalue weighted by Gasteiger charge is 2.30. The van der Waals surface area contributed by atoms with Gasteiger partial charge in [0.25, 0.3) is 5.91 Å². The minimum absolute atomic E-state index is 0.0520. The molecule has 3 aromatic carbocycles. The van der Waals surface area contributed by atoms with Gasteiger partial charge in [0.15, 0.2) is 5.69 Å². The molecule has 0 saturated heterocycles. The van der Waals surface area contributed by atoms with Crippen molar-refractivity contribution >= 4 is 39.9 Å².